The molecule has 8 heteroatoms. The first-order chi connectivity index (χ1) is 13.2. The van der Waals surface area contributed by atoms with E-state index in [2.05, 4.69) is 32.2 Å². The number of aromatic nitrogens is 1. The van der Waals surface area contributed by atoms with Crippen molar-refractivity contribution < 1.29 is 13.2 Å². The largest absolute Gasteiger partial charge is 0.349 e. The number of sulfonamides is 1. The summed E-state index contributed by atoms with van der Waals surface area (Å²) in [5, 5.41) is 0.0909. The third-order valence-electron chi connectivity index (χ3n) is 5.33. The number of fused-ring (bicyclic) bond motifs is 1. The van der Waals surface area contributed by atoms with Gasteiger partial charge in [0.2, 0.25) is 0 Å². The lowest BCUT2D eigenvalue weighted by molar-refractivity contribution is 0.0980. The first-order valence-electron chi connectivity index (χ1n) is 9.40. The molecule has 1 aliphatic rings. The second-order valence-corrected chi connectivity index (χ2v) is 10.1. The molecule has 0 bridgehead atoms. The van der Waals surface area contributed by atoms with Gasteiger partial charge < -0.3 is 4.98 Å². The zero-order chi connectivity index (χ0) is 20.5. The molecule has 6 nitrogen and oxygen atoms in total. The lowest BCUT2D eigenvalue weighted by Gasteiger charge is -2.22. The highest BCUT2D eigenvalue weighted by Gasteiger charge is 2.27. The van der Waals surface area contributed by atoms with Gasteiger partial charge in [0.25, 0.3) is 15.9 Å². The molecule has 1 unspecified atom stereocenters. The molecule has 28 heavy (non-hydrogen) atoms. The Balaban J connectivity index is 1.88. The monoisotopic (exact) mass is 467 g/mol. The summed E-state index contributed by atoms with van der Waals surface area (Å²) in [6.07, 6.45) is 7.38. The number of benzene rings is 1. The Bertz CT molecular complexity index is 992. The molecule has 152 valence electrons. The van der Waals surface area contributed by atoms with Crippen LogP contribution in [0.3, 0.4) is 0 Å². The van der Waals surface area contributed by atoms with Crippen molar-refractivity contribution in [2.45, 2.75) is 43.4 Å². The van der Waals surface area contributed by atoms with Gasteiger partial charge in [-0.15, -0.1) is 6.58 Å². The number of hydrogen-bond acceptors (Lipinski definition) is 4. The molecule has 0 spiro atoms. The van der Waals surface area contributed by atoms with Crippen molar-refractivity contribution in [3.63, 3.8) is 0 Å². The van der Waals surface area contributed by atoms with E-state index < -0.39 is 21.3 Å². The van der Waals surface area contributed by atoms with Crippen molar-refractivity contribution in [2.75, 3.05) is 14.1 Å². The van der Waals surface area contributed by atoms with Gasteiger partial charge in [-0.2, -0.15) is 0 Å². The van der Waals surface area contributed by atoms with Gasteiger partial charge in [-0.25, -0.2) is 13.1 Å². The predicted molar refractivity (Wildman–Crippen MR) is 116 cm³/mol. The molecular formula is C20H26BrN3O3S. The highest BCUT2D eigenvalue weighted by molar-refractivity contribution is 9.10. The second kappa shape index (κ2) is 8.39. The number of rotatable bonds is 6. The topological polar surface area (TPSA) is 82.3 Å². The van der Waals surface area contributed by atoms with E-state index in [1.54, 1.807) is 26.2 Å². The van der Waals surface area contributed by atoms with Crippen LogP contribution in [0.25, 0.3) is 10.9 Å². The minimum Gasteiger partial charge on any atom is -0.349 e. The van der Waals surface area contributed by atoms with E-state index in [-0.39, 0.29) is 0 Å². The molecule has 0 saturated heterocycles. The molecule has 2 N–H and O–H groups in total. The van der Waals surface area contributed by atoms with Crippen LogP contribution in [-0.4, -0.2) is 43.7 Å². The quantitative estimate of drug-likeness (QED) is 0.626. The first kappa shape index (κ1) is 21.1. The van der Waals surface area contributed by atoms with Gasteiger partial charge in [0.15, 0.2) is 0 Å². The molecule has 1 saturated carbocycles. The van der Waals surface area contributed by atoms with Crippen molar-refractivity contribution in [2.24, 2.45) is 0 Å². The molecule has 3 rings (SSSR count). The van der Waals surface area contributed by atoms with E-state index in [4.69, 9.17) is 0 Å². The zero-order valence-corrected chi connectivity index (χ0v) is 18.6. The second-order valence-electron chi connectivity index (χ2n) is 7.51. The van der Waals surface area contributed by atoms with Crippen LogP contribution in [0, 0.1) is 0 Å². The van der Waals surface area contributed by atoms with Gasteiger partial charge in [0.05, 0.1) is 4.60 Å². The van der Waals surface area contributed by atoms with Crippen molar-refractivity contribution in [3.8, 4) is 0 Å². The van der Waals surface area contributed by atoms with Crippen LogP contribution in [0.4, 0.5) is 0 Å². The van der Waals surface area contributed by atoms with Crippen molar-refractivity contribution in [3.05, 3.63) is 46.6 Å². The Kier molecular flexibility index (Phi) is 6.31. The van der Waals surface area contributed by atoms with Crippen LogP contribution in [0.5, 0.6) is 0 Å². The molecule has 1 amide bonds. The SMILES string of the molecule is C=CC(N(C)C)S(=O)(=O)NC(=O)c1ccc2c(C3CCCCC3)c(Br)[nH]c2c1. The molecule has 1 atom stereocenters. The number of hydrogen-bond donors (Lipinski definition) is 2. The average molecular weight is 468 g/mol. The van der Waals surface area contributed by atoms with E-state index in [1.165, 1.54) is 48.6 Å². The van der Waals surface area contributed by atoms with Crippen LogP contribution in [0.15, 0.2) is 35.5 Å². The summed E-state index contributed by atoms with van der Waals surface area (Å²) in [6.45, 7) is 3.54. The summed E-state index contributed by atoms with van der Waals surface area (Å²) < 4.78 is 28.0. The zero-order valence-electron chi connectivity index (χ0n) is 16.2. The Labute approximate surface area is 174 Å². The minimum atomic E-state index is -3.90. The summed E-state index contributed by atoms with van der Waals surface area (Å²) in [5.74, 6) is -0.147. The van der Waals surface area contributed by atoms with E-state index >= 15 is 0 Å². The lowest BCUT2D eigenvalue weighted by Crippen LogP contribution is -2.44. The van der Waals surface area contributed by atoms with Crippen LogP contribution in [-0.2, 0) is 10.0 Å². The van der Waals surface area contributed by atoms with Gasteiger partial charge in [0, 0.05) is 16.5 Å². The fraction of sp³-hybridized carbons (Fsp3) is 0.450. The van der Waals surface area contributed by atoms with Crippen molar-refractivity contribution in [1.29, 1.82) is 0 Å². The third-order valence-corrected chi connectivity index (χ3v) is 7.67. The number of H-pyrrole nitrogens is 1. The number of nitrogens with zero attached hydrogens (tertiary/aromatic N) is 1. The number of amides is 1. The Morgan fingerprint density at radius 2 is 2.00 bits per heavy atom. The van der Waals surface area contributed by atoms with Gasteiger partial charge in [-0.1, -0.05) is 31.4 Å². The Morgan fingerprint density at radius 3 is 2.61 bits per heavy atom. The molecular weight excluding hydrogens is 442 g/mol. The molecule has 1 aliphatic carbocycles. The average Bonchev–Trinajstić information content (AvgIpc) is 2.96. The molecule has 1 aromatic heterocycles. The van der Waals surface area contributed by atoms with Crippen molar-refractivity contribution in [1.82, 2.24) is 14.6 Å². The highest BCUT2D eigenvalue weighted by atomic mass is 79.9. The lowest BCUT2D eigenvalue weighted by atomic mass is 9.84. The van der Waals surface area contributed by atoms with Gasteiger partial charge in [-0.3, -0.25) is 9.69 Å². The number of carbonyl (C=O) groups is 1. The molecule has 1 heterocycles. The highest BCUT2D eigenvalue weighted by Crippen LogP contribution is 2.40. The maximum atomic E-state index is 12.6. The third kappa shape index (κ3) is 4.18. The molecule has 1 aromatic carbocycles. The standard InChI is InChI=1S/C20H26BrN3O3S/c1-4-17(24(2)3)28(26,27)23-20(25)14-10-11-15-16(12-14)22-19(21)18(15)13-8-6-5-7-9-13/h4,10-13,17,22H,1,5-9H2,2-3H3,(H,23,25). The van der Waals surface area contributed by atoms with E-state index in [9.17, 15) is 13.2 Å². The van der Waals surface area contributed by atoms with E-state index in [0.717, 1.165) is 15.5 Å². The molecule has 2 aromatic rings. The van der Waals surface area contributed by atoms with Crippen LogP contribution in [0.2, 0.25) is 0 Å². The summed E-state index contributed by atoms with van der Waals surface area (Å²) in [7, 11) is -0.671. The molecule has 0 aliphatic heterocycles. The van der Waals surface area contributed by atoms with Gasteiger partial charge >= 0.3 is 0 Å². The van der Waals surface area contributed by atoms with Gasteiger partial charge in [-0.05, 0) is 66.5 Å². The van der Waals surface area contributed by atoms with E-state index in [0.29, 0.717) is 11.5 Å². The van der Waals surface area contributed by atoms with Crippen LogP contribution < -0.4 is 4.72 Å². The summed E-state index contributed by atoms with van der Waals surface area (Å²) in [5.41, 5.74) is 2.38. The smallest absolute Gasteiger partial charge is 0.264 e. The summed E-state index contributed by atoms with van der Waals surface area (Å²) in [6, 6.07) is 5.28. The Hall–Kier alpha value is -1.64. The van der Waals surface area contributed by atoms with Crippen LogP contribution >= 0.6 is 15.9 Å². The predicted octanol–water partition coefficient (Wildman–Crippen LogP) is 4.11. The first-order valence-corrected chi connectivity index (χ1v) is 11.7. The fourth-order valence-corrected chi connectivity index (χ4v) is 6.04. The fourth-order valence-electron chi connectivity index (χ4n) is 3.98. The normalized spacial score (nSPS) is 17.0. The maximum absolute atomic E-state index is 12.6. The van der Waals surface area contributed by atoms with Crippen LogP contribution in [0.1, 0.15) is 53.9 Å². The minimum absolute atomic E-state index is 0.293. The van der Waals surface area contributed by atoms with Gasteiger partial charge in [0.1, 0.15) is 5.37 Å². The molecule has 1 fully saturated rings. The number of likely N-dealkylation sites (N-methyl/N-ethyl adjacent to an activating group) is 1. The maximum Gasteiger partial charge on any atom is 0.264 e. The Morgan fingerprint density at radius 1 is 1.32 bits per heavy atom. The summed E-state index contributed by atoms with van der Waals surface area (Å²) in [4.78, 5) is 17.3. The number of halogens is 1. The van der Waals surface area contributed by atoms with E-state index in [1.807, 2.05) is 6.07 Å². The summed E-state index contributed by atoms with van der Waals surface area (Å²) >= 11 is 3.63. The van der Waals surface area contributed by atoms with Crippen molar-refractivity contribution >= 4 is 42.8 Å². The number of carbonyl (C=O) groups excluding carboxylic acids is 1. The number of nitrogens with one attached hydrogen (secondary N) is 2. The number of aromatic amines is 1. The molecule has 0 radical (unpaired) electrons.